The van der Waals surface area contributed by atoms with Crippen LogP contribution in [-0.4, -0.2) is 43.8 Å². The van der Waals surface area contributed by atoms with Gasteiger partial charge in [0.15, 0.2) is 0 Å². The van der Waals surface area contributed by atoms with Crippen LogP contribution in [0.2, 0.25) is 0 Å². The van der Waals surface area contributed by atoms with Crippen LogP contribution >= 0.6 is 12.4 Å². The fourth-order valence-corrected chi connectivity index (χ4v) is 5.93. The highest BCUT2D eigenvalue weighted by atomic mass is 35.5. The van der Waals surface area contributed by atoms with E-state index in [-0.39, 0.29) is 18.5 Å². The van der Waals surface area contributed by atoms with Crippen LogP contribution in [0.25, 0.3) is 0 Å². The number of ether oxygens (including phenoxy) is 1. The summed E-state index contributed by atoms with van der Waals surface area (Å²) in [6.07, 6.45) is 13.0. The Morgan fingerprint density at radius 3 is 2.79 bits per heavy atom. The average molecular weight is 421 g/mol. The van der Waals surface area contributed by atoms with Crippen LogP contribution in [0.4, 0.5) is 4.79 Å². The Labute approximate surface area is 182 Å². The van der Waals surface area contributed by atoms with E-state index in [9.17, 15) is 4.79 Å². The molecular formula is C24H37ClN2O2. The largest absolute Gasteiger partial charge is 0.449 e. The number of hydrogen-bond acceptors (Lipinski definition) is 3. The van der Waals surface area contributed by atoms with Crippen molar-refractivity contribution >= 4 is 18.5 Å². The summed E-state index contributed by atoms with van der Waals surface area (Å²) in [5.74, 6) is 1.69. The number of benzene rings is 1. The second-order valence-electron chi connectivity index (χ2n) is 8.95. The standard InChI is InChI=1S/C24H36N2O2.ClH/c1-25-24(27)28-17-14-19-8-5-9-21-20(19)10-11-23-22(21)13-16-26(23)15-12-18-6-3-2-4-7-18;/h5,8-9,18,22-23H,2-4,6-7,10-17H2,1H3,(H,25,27);1H/t22-,23+;/m1./s1. The van der Waals surface area contributed by atoms with E-state index < -0.39 is 0 Å². The average Bonchev–Trinajstić information content (AvgIpc) is 3.16. The highest BCUT2D eigenvalue weighted by Crippen LogP contribution is 2.43. The van der Waals surface area contributed by atoms with E-state index >= 15 is 0 Å². The summed E-state index contributed by atoms with van der Waals surface area (Å²) >= 11 is 0. The molecule has 4 nitrogen and oxygen atoms in total. The molecule has 2 aliphatic carbocycles. The lowest BCUT2D eigenvalue weighted by Crippen LogP contribution is -2.36. The molecule has 3 aliphatic rings. The van der Waals surface area contributed by atoms with Gasteiger partial charge in [-0.2, -0.15) is 0 Å². The summed E-state index contributed by atoms with van der Waals surface area (Å²) in [4.78, 5) is 14.1. The van der Waals surface area contributed by atoms with Gasteiger partial charge in [0.25, 0.3) is 0 Å². The van der Waals surface area contributed by atoms with E-state index in [0.29, 0.717) is 12.5 Å². The molecule has 0 spiro atoms. The van der Waals surface area contributed by atoms with Crippen molar-refractivity contribution in [3.63, 3.8) is 0 Å². The predicted molar refractivity (Wildman–Crippen MR) is 120 cm³/mol. The molecule has 4 rings (SSSR count). The lowest BCUT2D eigenvalue weighted by atomic mass is 9.77. The Morgan fingerprint density at radius 1 is 1.17 bits per heavy atom. The number of halogens is 1. The van der Waals surface area contributed by atoms with E-state index in [1.165, 1.54) is 76.4 Å². The molecule has 2 atom stereocenters. The number of nitrogens with zero attached hydrogens (tertiary/aromatic N) is 1. The maximum atomic E-state index is 11.3. The second kappa shape index (κ2) is 10.7. The van der Waals surface area contributed by atoms with Gasteiger partial charge in [-0.25, -0.2) is 4.79 Å². The van der Waals surface area contributed by atoms with Crippen molar-refractivity contribution in [2.24, 2.45) is 5.92 Å². The van der Waals surface area contributed by atoms with Gasteiger partial charge in [0.1, 0.15) is 0 Å². The fourth-order valence-electron chi connectivity index (χ4n) is 5.93. The minimum Gasteiger partial charge on any atom is -0.449 e. The predicted octanol–water partition coefficient (Wildman–Crippen LogP) is 5.08. The van der Waals surface area contributed by atoms with Crippen molar-refractivity contribution in [3.8, 4) is 0 Å². The van der Waals surface area contributed by atoms with Crippen molar-refractivity contribution in [1.82, 2.24) is 10.2 Å². The van der Waals surface area contributed by atoms with Crippen LogP contribution in [-0.2, 0) is 17.6 Å². The summed E-state index contributed by atoms with van der Waals surface area (Å²) in [7, 11) is 1.60. The van der Waals surface area contributed by atoms with E-state index in [2.05, 4.69) is 28.4 Å². The lowest BCUT2D eigenvalue weighted by molar-refractivity contribution is 0.149. The molecule has 0 radical (unpaired) electrons. The minimum absolute atomic E-state index is 0. The molecular weight excluding hydrogens is 384 g/mol. The SMILES string of the molecule is CNC(=O)OCCc1cccc2c1CC[C@H]1[C@@H]2CCN1CCC1CCCCC1.Cl. The second-order valence-corrected chi connectivity index (χ2v) is 8.95. The Morgan fingerprint density at radius 2 is 2.00 bits per heavy atom. The lowest BCUT2D eigenvalue weighted by Gasteiger charge is -2.35. The van der Waals surface area contributed by atoms with Gasteiger partial charge in [-0.05, 0) is 61.4 Å². The van der Waals surface area contributed by atoms with Gasteiger partial charge in [0.2, 0.25) is 0 Å². The molecule has 0 bridgehead atoms. The Hall–Kier alpha value is -1.26. The molecule has 1 amide bonds. The number of amides is 1. The van der Waals surface area contributed by atoms with Gasteiger partial charge in [0.05, 0.1) is 6.61 Å². The molecule has 162 valence electrons. The smallest absolute Gasteiger partial charge is 0.406 e. The van der Waals surface area contributed by atoms with Gasteiger partial charge in [-0.1, -0.05) is 50.3 Å². The first-order chi connectivity index (χ1) is 13.8. The molecule has 29 heavy (non-hydrogen) atoms. The van der Waals surface area contributed by atoms with E-state index in [0.717, 1.165) is 18.4 Å². The van der Waals surface area contributed by atoms with Gasteiger partial charge in [0, 0.05) is 25.4 Å². The molecule has 0 unspecified atom stereocenters. The van der Waals surface area contributed by atoms with Crippen LogP contribution in [0.3, 0.4) is 0 Å². The highest BCUT2D eigenvalue weighted by molar-refractivity contribution is 5.85. The summed E-state index contributed by atoms with van der Waals surface area (Å²) in [5.41, 5.74) is 4.49. The number of nitrogens with one attached hydrogen (secondary N) is 1. The maximum Gasteiger partial charge on any atom is 0.406 e. The van der Waals surface area contributed by atoms with Gasteiger partial charge in [-0.3, -0.25) is 4.90 Å². The number of alkyl carbamates (subject to hydrolysis) is 1. The van der Waals surface area contributed by atoms with Crippen molar-refractivity contribution in [2.75, 3.05) is 26.7 Å². The Bertz CT molecular complexity index is 675. The number of carbonyl (C=O) groups is 1. The molecule has 5 heteroatoms. The quantitative estimate of drug-likeness (QED) is 0.697. The highest BCUT2D eigenvalue weighted by Gasteiger charge is 2.38. The normalized spacial score (nSPS) is 24.3. The first-order valence-electron chi connectivity index (χ1n) is 11.5. The van der Waals surface area contributed by atoms with Crippen LogP contribution in [0.1, 0.15) is 74.0 Å². The summed E-state index contributed by atoms with van der Waals surface area (Å²) in [5, 5.41) is 2.52. The number of fused-ring (bicyclic) bond motifs is 3. The molecule has 1 aromatic rings. The fraction of sp³-hybridized carbons (Fsp3) is 0.708. The maximum absolute atomic E-state index is 11.3. The van der Waals surface area contributed by atoms with Gasteiger partial charge >= 0.3 is 6.09 Å². The summed E-state index contributed by atoms with van der Waals surface area (Å²) < 4.78 is 5.22. The molecule has 0 aromatic heterocycles. The summed E-state index contributed by atoms with van der Waals surface area (Å²) in [6.45, 7) is 3.03. The third-order valence-electron chi connectivity index (χ3n) is 7.42. The molecule has 1 N–H and O–H groups in total. The molecule has 1 saturated carbocycles. The number of carbonyl (C=O) groups excluding carboxylic acids is 1. The van der Waals surface area contributed by atoms with Crippen LogP contribution in [0.15, 0.2) is 18.2 Å². The third kappa shape index (κ3) is 5.27. The molecule has 1 saturated heterocycles. The zero-order valence-electron chi connectivity index (χ0n) is 17.8. The number of hydrogen-bond donors (Lipinski definition) is 1. The van der Waals surface area contributed by atoms with Crippen LogP contribution in [0.5, 0.6) is 0 Å². The Kier molecular flexibility index (Phi) is 8.25. The third-order valence-corrected chi connectivity index (χ3v) is 7.42. The number of rotatable bonds is 6. The minimum atomic E-state index is -0.339. The van der Waals surface area contributed by atoms with Crippen molar-refractivity contribution in [1.29, 1.82) is 0 Å². The molecule has 2 fully saturated rings. The van der Waals surface area contributed by atoms with Crippen molar-refractivity contribution < 1.29 is 9.53 Å². The van der Waals surface area contributed by atoms with Gasteiger partial charge in [-0.15, -0.1) is 12.4 Å². The summed E-state index contributed by atoms with van der Waals surface area (Å²) in [6, 6.07) is 7.54. The topological polar surface area (TPSA) is 41.6 Å². The van der Waals surface area contributed by atoms with Crippen molar-refractivity contribution in [3.05, 3.63) is 34.9 Å². The van der Waals surface area contributed by atoms with Crippen molar-refractivity contribution in [2.45, 2.75) is 76.2 Å². The van der Waals surface area contributed by atoms with E-state index in [1.807, 2.05) is 0 Å². The van der Waals surface area contributed by atoms with Gasteiger partial charge < -0.3 is 10.1 Å². The Balaban J connectivity index is 0.00000240. The van der Waals surface area contributed by atoms with Crippen LogP contribution in [0, 0.1) is 5.92 Å². The van der Waals surface area contributed by atoms with E-state index in [4.69, 9.17) is 4.74 Å². The zero-order valence-corrected chi connectivity index (χ0v) is 18.6. The first kappa shape index (κ1) is 22.4. The zero-order chi connectivity index (χ0) is 19.3. The first-order valence-corrected chi connectivity index (χ1v) is 11.5. The monoisotopic (exact) mass is 420 g/mol. The number of likely N-dealkylation sites (tertiary alicyclic amines) is 1. The van der Waals surface area contributed by atoms with E-state index in [1.54, 1.807) is 18.2 Å². The molecule has 1 heterocycles. The van der Waals surface area contributed by atoms with Crippen LogP contribution < -0.4 is 5.32 Å². The molecule has 1 aromatic carbocycles. The molecule has 1 aliphatic heterocycles.